The van der Waals surface area contributed by atoms with E-state index in [1.807, 2.05) is 0 Å². The Morgan fingerprint density at radius 3 is 2.46 bits per heavy atom. The van der Waals surface area contributed by atoms with Crippen molar-refractivity contribution < 1.29 is 36.2 Å². The zero-order valence-electron chi connectivity index (χ0n) is 26.4. The number of ether oxygens (including phenoxy) is 2. The number of pyridine rings is 1. The number of alkyl halides is 3. The number of rotatable bonds is 12. The van der Waals surface area contributed by atoms with Crippen LogP contribution in [0, 0.1) is 11.6 Å². The van der Waals surface area contributed by atoms with Crippen LogP contribution in [-0.2, 0) is 9.53 Å². The van der Waals surface area contributed by atoms with Gasteiger partial charge in [0.15, 0.2) is 0 Å². The second kappa shape index (κ2) is 14.2. The molecule has 0 saturated carbocycles. The molecule has 3 heterocycles. The number of hydrogen-bond acceptors (Lipinski definition) is 7. The van der Waals surface area contributed by atoms with Gasteiger partial charge in [-0.3, -0.25) is 14.8 Å². The number of carbonyl (C=O) groups excluding carboxylic acids is 1. The highest BCUT2D eigenvalue weighted by Crippen LogP contribution is 2.47. The molecule has 5 aromatic rings. The second-order valence-electron chi connectivity index (χ2n) is 11.1. The number of hydrogen-bond donors (Lipinski definition) is 2. The summed E-state index contributed by atoms with van der Waals surface area (Å²) in [5.41, 5.74) is 2.15. The Kier molecular flexibility index (Phi) is 10.3. The van der Waals surface area contributed by atoms with Crippen molar-refractivity contribution in [3.63, 3.8) is 0 Å². The van der Waals surface area contributed by atoms with E-state index in [0.717, 1.165) is 23.1 Å². The number of thiophene rings is 1. The molecule has 252 valence electrons. The van der Waals surface area contributed by atoms with E-state index in [1.165, 1.54) is 44.7 Å². The minimum absolute atomic E-state index is 0.00606. The number of benzene rings is 2. The Bertz CT molecular complexity index is 1940. The van der Waals surface area contributed by atoms with E-state index in [2.05, 4.69) is 22.1 Å². The number of H-pyrrole nitrogens is 1. The first-order valence-electron chi connectivity index (χ1n) is 14.7. The van der Waals surface area contributed by atoms with E-state index >= 15 is 4.39 Å². The summed E-state index contributed by atoms with van der Waals surface area (Å²) in [4.78, 5) is 18.0. The molecule has 3 aromatic heterocycles. The lowest BCUT2D eigenvalue weighted by Crippen LogP contribution is -2.33. The van der Waals surface area contributed by atoms with Gasteiger partial charge in [-0.15, -0.1) is 11.3 Å². The van der Waals surface area contributed by atoms with Gasteiger partial charge >= 0.3 is 6.18 Å². The third kappa shape index (κ3) is 7.10. The van der Waals surface area contributed by atoms with Crippen LogP contribution in [0.3, 0.4) is 0 Å². The lowest BCUT2D eigenvalue weighted by Gasteiger charge is -2.27. The van der Waals surface area contributed by atoms with E-state index in [9.17, 15) is 22.4 Å². The molecule has 0 aliphatic heterocycles. The number of carbonyl (C=O) groups is 1. The summed E-state index contributed by atoms with van der Waals surface area (Å²) in [5, 5.41) is 12.4. The minimum Gasteiger partial charge on any atom is -0.490 e. The smallest absolute Gasteiger partial charge is 0.408 e. The topological polar surface area (TPSA) is 92.4 Å². The van der Waals surface area contributed by atoms with Crippen LogP contribution in [0.4, 0.5) is 22.0 Å². The molecule has 2 N–H and O–H groups in total. The van der Waals surface area contributed by atoms with Crippen LogP contribution >= 0.6 is 11.3 Å². The number of fused-ring (bicyclic) bond motifs is 1. The first kappa shape index (κ1) is 34.7. The van der Waals surface area contributed by atoms with Crippen molar-refractivity contribution in [3.8, 4) is 39.5 Å². The van der Waals surface area contributed by atoms with Crippen LogP contribution in [0.15, 0.2) is 66.6 Å². The quantitative estimate of drug-likeness (QED) is 0.0790. The summed E-state index contributed by atoms with van der Waals surface area (Å²) in [6.07, 6.45) is -3.37. The van der Waals surface area contributed by atoms with E-state index in [4.69, 9.17) is 14.5 Å². The molecule has 2 unspecified atom stereocenters. The lowest BCUT2D eigenvalue weighted by atomic mass is 9.95. The first-order valence-corrected chi connectivity index (χ1v) is 15.6. The van der Waals surface area contributed by atoms with E-state index in [1.54, 1.807) is 36.6 Å². The van der Waals surface area contributed by atoms with Crippen molar-refractivity contribution in [2.75, 3.05) is 34.4 Å². The standard InChI is InChI=1S/C34H32F5N5O3S/c1-6-27(45)40-18(2)24-17-25(43-42-24)31-29(28-23(36)15-21(35)16-26(28)47-13-12-46-5)32-22(11-14-48-32)30(41-31)19-7-9-20(10-8-19)33(44(3)4)34(37,38)39/h6-11,14-18,33H,1,12-13H2,2-5H3,(H,40,45)(H,42,43). The third-order valence-corrected chi connectivity index (χ3v) is 8.53. The fourth-order valence-corrected chi connectivity index (χ4v) is 6.39. The monoisotopic (exact) mass is 685 g/mol. The maximum Gasteiger partial charge on any atom is 0.408 e. The number of nitrogens with one attached hydrogen (secondary N) is 2. The minimum atomic E-state index is -4.50. The molecule has 0 fully saturated rings. The molecule has 0 radical (unpaired) electrons. The summed E-state index contributed by atoms with van der Waals surface area (Å²) in [6.45, 7) is 5.36. The van der Waals surface area contributed by atoms with Crippen molar-refractivity contribution in [3.05, 3.63) is 89.5 Å². The molecule has 0 aliphatic rings. The summed E-state index contributed by atoms with van der Waals surface area (Å²) < 4.78 is 83.5. The van der Waals surface area contributed by atoms with Crippen LogP contribution < -0.4 is 10.1 Å². The normalized spacial score (nSPS) is 13.1. The fourth-order valence-electron chi connectivity index (χ4n) is 5.44. The number of aromatic amines is 1. The maximum absolute atomic E-state index is 15.9. The highest BCUT2D eigenvalue weighted by molar-refractivity contribution is 7.18. The van der Waals surface area contributed by atoms with Gasteiger partial charge in [0.2, 0.25) is 5.91 Å². The van der Waals surface area contributed by atoms with Gasteiger partial charge in [-0.2, -0.15) is 18.3 Å². The summed E-state index contributed by atoms with van der Waals surface area (Å²) >= 11 is 1.27. The van der Waals surface area contributed by atoms with Gasteiger partial charge in [-0.25, -0.2) is 13.8 Å². The Morgan fingerprint density at radius 1 is 1.08 bits per heavy atom. The van der Waals surface area contributed by atoms with Gasteiger partial charge in [0.1, 0.15) is 41.4 Å². The van der Waals surface area contributed by atoms with Gasteiger partial charge in [-0.05, 0) is 50.2 Å². The van der Waals surface area contributed by atoms with Crippen molar-refractivity contribution >= 4 is 27.3 Å². The molecule has 2 atom stereocenters. The first-order chi connectivity index (χ1) is 22.8. The Balaban J connectivity index is 1.75. The number of methoxy groups -OCH3 is 1. The largest absolute Gasteiger partial charge is 0.490 e. The number of halogens is 5. The molecule has 8 nitrogen and oxygen atoms in total. The maximum atomic E-state index is 15.9. The predicted octanol–water partition coefficient (Wildman–Crippen LogP) is 7.85. The fraction of sp³-hybridized carbons (Fsp3) is 0.265. The van der Waals surface area contributed by atoms with Gasteiger partial charge < -0.3 is 14.8 Å². The molecule has 0 saturated heterocycles. The van der Waals surface area contributed by atoms with E-state index in [-0.39, 0.29) is 47.0 Å². The van der Waals surface area contributed by atoms with Crippen molar-refractivity contribution in [1.82, 2.24) is 25.4 Å². The zero-order valence-corrected chi connectivity index (χ0v) is 27.2. The SMILES string of the molecule is C=CC(=O)NC(C)c1cc(-c2nc(-c3ccc(C(N(C)C)C(F)(F)F)cc3)c3ccsc3c2-c2c(F)cc(F)cc2OCCOC)n[nH]1. The van der Waals surface area contributed by atoms with Crippen molar-refractivity contribution in [2.45, 2.75) is 25.2 Å². The Hall–Kier alpha value is -4.66. The number of aromatic nitrogens is 3. The van der Waals surface area contributed by atoms with Crippen LogP contribution in [0.1, 0.15) is 30.3 Å². The van der Waals surface area contributed by atoms with E-state index in [0.29, 0.717) is 27.0 Å². The van der Waals surface area contributed by atoms with Gasteiger partial charge in [0.25, 0.3) is 0 Å². The molecule has 2 aromatic carbocycles. The Labute approximate surface area is 277 Å². The molecular weight excluding hydrogens is 653 g/mol. The van der Waals surface area contributed by atoms with Crippen LogP contribution in [0.5, 0.6) is 5.75 Å². The highest BCUT2D eigenvalue weighted by atomic mass is 32.1. The van der Waals surface area contributed by atoms with Gasteiger partial charge in [0, 0.05) is 40.5 Å². The molecule has 14 heteroatoms. The summed E-state index contributed by atoms with van der Waals surface area (Å²) in [5.74, 6) is -2.23. The zero-order chi connectivity index (χ0) is 34.7. The molecule has 5 rings (SSSR count). The molecule has 0 aliphatic carbocycles. The van der Waals surface area contributed by atoms with Crippen LogP contribution in [0.25, 0.3) is 43.9 Å². The molecule has 1 amide bonds. The average molecular weight is 686 g/mol. The third-order valence-electron chi connectivity index (χ3n) is 7.60. The van der Waals surface area contributed by atoms with E-state index < -0.39 is 35.8 Å². The Morgan fingerprint density at radius 2 is 1.81 bits per heavy atom. The average Bonchev–Trinajstić information content (AvgIpc) is 3.71. The second-order valence-corrected chi connectivity index (χ2v) is 12.0. The number of nitrogens with zero attached hydrogens (tertiary/aromatic N) is 3. The highest BCUT2D eigenvalue weighted by Gasteiger charge is 2.42. The van der Waals surface area contributed by atoms with Gasteiger partial charge in [-0.1, -0.05) is 30.8 Å². The summed E-state index contributed by atoms with van der Waals surface area (Å²) in [7, 11) is 4.19. The molecule has 0 spiro atoms. The molecule has 0 bridgehead atoms. The molecular formula is C34H32F5N5O3S. The van der Waals surface area contributed by atoms with Crippen LogP contribution in [0.2, 0.25) is 0 Å². The lowest BCUT2D eigenvalue weighted by molar-refractivity contribution is -0.179. The summed E-state index contributed by atoms with van der Waals surface area (Å²) in [6, 6.07) is 8.82. The van der Waals surface area contributed by atoms with Crippen LogP contribution in [-0.4, -0.2) is 66.6 Å². The predicted molar refractivity (Wildman–Crippen MR) is 175 cm³/mol. The van der Waals surface area contributed by atoms with Crippen molar-refractivity contribution in [2.24, 2.45) is 0 Å². The van der Waals surface area contributed by atoms with Crippen molar-refractivity contribution in [1.29, 1.82) is 0 Å². The van der Waals surface area contributed by atoms with Gasteiger partial charge in [0.05, 0.1) is 29.6 Å². The molecule has 48 heavy (non-hydrogen) atoms. The number of amides is 1.